The SMILES string of the molecule is CCC(C)C1=Cc2c(ccc(C)c2-c2ccccc2-c2ccccc2)[CH]1[Zr]([Cl])([Cl])[c]1cccc2c1[SiH2]c1ccccc1-2. The molecule has 0 amide bonds. The molecule has 208 valence electrons. The predicted octanol–water partition coefficient (Wildman–Crippen LogP) is 8.70. The van der Waals surface area contributed by atoms with Crippen LogP contribution in [0.15, 0.2) is 115 Å². The van der Waals surface area contributed by atoms with Crippen LogP contribution in [0.25, 0.3) is 39.5 Å². The number of allylic oxidation sites excluding steroid dienone is 1. The van der Waals surface area contributed by atoms with Gasteiger partial charge in [-0.1, -0.05) is 0 Å². The van der Waals surface area contributed by atoms with Gasteiger partial charge >= 0.3 is 266 Å². The second-order valence-electron chi connectivity index (χ2n) is 11.8. The van der Waals surface area contributed by atoms with Gasteiger partial charge in [0.25, 0.3) is 0 Å². The Morgan fingerprint density at radius 2 is 1.40 bits per heavy atom. The molecule has 5 aromatic carbocycles. The van der Waals surface area contributed by atoms with Crippen LogP contribution in [0.3, 0.4) is 0 Å². The Bertz CT molecular complexity index is 1860. The van der Waals surface area contributed by atoms with Gasteiger partial charge in [0.05, 0.1) is 0 Å². The molecule has 1 heterocycles. The normalized spacial score (nSPS) is 16.6. The van der Waals surface area contributed by atoms with E-state index in [2.05, 4.69) is 136 Å². The van der Waals surface area contributed by atoms with E-state index in [9.17, 15) is 0 Å². The third-order valence-electron chi connectivity index (χ3n) is 9.48. The minimum atomic E-state index is -4.04. The van der Waals surface area contributed by atoms with E-state index in [0.717, 1.165) is 6.42 Å². The molecule has 0 N–H and O–H groups in total. The van der Waals surface area contributed by atoms with Crippen molar-refractivity contribution in [3.63, 3.8) is 0 Å². The zero-order valence-electron chi connectivity index (χ0n) is 24.3. The van der Waals surface area contributed by atoms with Gasteiger partial charge in [-0.25, -0.2) is 0 Å². The van der Waals surface area contributed by atoms with Gasteiger partial charge in [0.1, 0.15) is 0 Å². The van der Waals surface area contributed by atoms with E-state index in [1.54, 1.807) is 0 Å². The van der Waals surface area contributed by atoms with Gasteiger partial charge in [-0.05, 0) is 0 Å². The Morgan fingerprint density at radius 3 is 2.17 bits per heavy atom. The number of halogens is 2. The first-order chi connectivity index (χ1) is 20.4. The molecule has 0 spiro atoms. The van der Waals surface area contributed by atoms with Gasteiger partial charge in [-0.15, -0.1) is 0 Å². The Labute approximate surface area is 263 Å². The maximum atomic E-state index is 7.94. The summed E-state index contributed by atoms with van der Waals surface area (Å²) < 4.78 is 1.38. The second-order valence-corrected chi connectivity index (χ2v) is 27.7. The zero-order chi connectivity index (χ0) is 29.0. The summed E-state index contributed by atoms with van der Waals surface area (Å²) in [6.45, 7) is 6.88. The molecule has 1 aliphatic heterocycles. The topological polar surface area (TPSA) is 0 Å². The summed E-state index contributed by atoms with van der Waals surface area (Å²) in [5.74, 6) is 0.403. The van der Waals surface area contributed by atoms with Gasteiger partial charge < -0.3 is 0 Å². The van der Waals surface area contributed by atoms with Crippen LogP contribution in [0.5, 0.6) is 0 Å². The Hall–Kier alpha value is -2.48. The molecule has 2 atom stereocenters. The van der Waals surface area contributed by atoms with Gasteiger partial charge in [-0.3, -0.25) is 0 Å². The van der Waals surface area contributed by atoms with E-state index in [1.165, 1.54) is 69.3 Å². The summed E-state index contributed by atoms with van der Waals surface area (Å²) >= 11 is -4.04. The Balaban J connectivity index is 1.43. The molecule has 0 nitrogen and oxygen atoms in total. The number of aryl methyl sites for hydroxylation is 1. The zero-order valence-corrected chi connectivity index (χ0v) is 29.7. The monoisotopic (exact) mass is 678 g/mol. The van der Waals surface area contributed by atoms with Crippen molar-refractivity contribution < 1.29 is 17.9 Å². The molecule has 7 rings (SSSR count). The summed E-state index contributed by atoms with van der Waals surface area (Å²) in [7, 11) is 15.2. The molecule has 42 heavy (non-hydrogen) atoms. The van der Waals surface area contributed by atoms with Crippen LogP contribution in [0.4, 0.5) is 0 Å². The molecule has 0 saturated carbocycles. The predicted molar refractivity (Wildman–Crippen MR) is 183 cm³/mol. The molecule has 5 aromatic rings. The van der Waals surface area contributed by atoms with Crippen molar-refractivity contribution in [1.29, 1.82) is 0 Å². The molecule has 0 aromatic heterocycles. The average Bonchev–Trinajstić information content (AvgIpc) is 3.60. The summed E-state index contributed by atoms with van der Waals surface area (Å²) in [6.07, 6.45) is 3.54. The summed E-state index contributed by atoms with van der Waals surface area (Å²) in [4.78, 5) is 0. The fourth-order valence-electron chi connectivity index (χ4n) is 7.20. The Kier molecular flexibility index (Phi) is 7.56. The van der Waals surface area contributed by atoms with E-state index in [0.29, 0.717) is 5.92 Å². The van der Waals surface area contributed by atoms with E-state index in [1.807, 2.05) is 0 Å². The molecule has 1 aliphatic carbocycles. The number of rotatable bonds is 6. The maximum absolute atomic E-state index is 7.94. The van der Waals surface area contributed by atoms with Crippen LogP contribution in [-0.4, -0.2) is 9.52 Å². The molecule has 0 fully saturated rings. The fraction of sp³-hybridized carbons (Fsp3) is 0.158. The molecular formula is C38H34Cl2SiZr. The fourth-order valence-corrected chi connectivity index (χ4v) is 24.1. The van der Waals surface area contributed by atoms with Crippen molar-refractivity contribution in [2.45, 2.75) is 30.8 Å². The summed E-state index contributed by atoms with van der Waals surface area (Å²) in [6, 6.07) is 39.8. The van der Waals surface area contributed by atoms with Gasteiger partial charge in [0.15, 0.2) is 0 Å². The van der Waals surface area contributed by atoms with Crippen LogP contribution in [0.1, 0.15) is 40.6 Å². The summed E-state index contributed by atoms with van der Waals surface area (Å²) in [5, 5.41) is 2.99. The van der Waals surface area contributed by atoms with Crippen LogP contribution in [0, 0.1) is 12.8 Å². The van der Waals surface area contributed by atoms with Crippen molar-refractivity contribution in [3.8, 4) is 33.4 Å². The first-order valence-corrected chi connectivity index (χ1v) is 25.4. The second kappa shape index (κ2) is 11.2. The standard InChI is InChI=1S/C26H25.C12H9Si.2ClH.Zr/c1-4-18(2)22-16-21-15-14-19(3)26(25(21)17-22)24-13-9-8-12-23(24)20-10-6-5-7-11-20;1-3-7-11-9(5-1)10-6-2-4-8-12(10)13-11;;;/h5-18H,4H2,1-3H3;1-7H,13H2;2*1H;/q;;;;+2/p-2. The molecule has 0 saturated heterocycles. The average molecular weight is 681 g/mol. The molecular weight excluding hydrogens is 647 g/mol. The van der Waals surface area contributed by atoms with Gasteiger partial charge in [-0.2, -0.15) is 0 Å². The third kappa shape index (κ3) is 4.58. The number of benzene rings is 5. The van der Waals surface area contributed by atoms with Gasteiger partial charge in [0, 0.05) is 0 Å². The van der Waals surface area contributed by atoms with E-state index < -0.39 is 27.4 Å². The van der Waals surface area contributed by atoms with E-state index in [-0.39, 0.29) is 3.63 Å². The molecule has 2 unspecified atom stereocenters. The van der Waals surface area contributed by atoms with E-state index in [4.69, 9.17) is 17.0 Å². The number of hydrogen-bond donors (Lipinski definition) is 0. The van der Waals surface area contributed by atoms with Crippen LogP contribution >= 0.6 is 17.0 Å². The van der Waals surface area contributed by atoms with E-state index >= 15 is 0 Å². The molecule has 4 heteroatoms. The van der Waals surface area contributed by atoms with Crippen LogP contribution < -0.4 is 13.6 Å². The van der Waals surface area contributed by atoms with Crippen molar-refractivity contribution in [2.75, 3.05) is 0 Å². The summed E-state index contributed by atoms with van der Waals surface area (Å²) in [5.41, 5.74) is 13.2. The van der Waals surface area contributed by atoms with Crippen LogP contribution in [0.2, 0.25) is 0 Å². The quantitative estimate of drug-likeness (QED) is 0.155. The Morgan fingerprint density at radius 1 is 0.738 bits per heavy atom. The first-order valence-electron chi connectivity index (χ1n) is 15.0. The molecule has 0 bridgehead atoms. The molecule has 0 radical (unpaired) electrons. The van der Waals surface area contributed by atoms with Crippen molar-refractivity contribution >= 4 is 46.3 Å². The van der Waals surface area contributed by atoms with Crippen molar-refractivity contribution in [3.05, 3.63) is 131 Å². The van der Waals surface area contributed by atoms with Crippen molar-refractivity contribution in [2.24, 2.45) is 5.92 Å². The number of fused-ring (bicyclic) bond motifs is 4. The van der Waals surface area contributed by atoms with Crippen molar-refractivity contribution in [1.82, 2.24) is 0 Å². The van der Waals surface area contributed by atoms with Gasteiger partial charge in [0.2, 0.25) is 0 Å². The number of hydrogen-bond acceptors (Lipinski definition) is 0. The molecule has 2 aliphatic rings. The first kappa shape index (κ1) is 28.3. The van der Waals surface area contributed by atoms with Crippen LogP contribution in [-0.2, 0) is 17.9 Å². The third-order valence-corrected chi connectivity index (χ3v) is 23.7. The minimum absolute atomic E-state index is 0.0834.